The van der Waals surface area contributed by atoms with Crippen molar-refractivity contribution >= 4 is 10.0 Å². The minimum Gasteiger partial charge on any atom is -0.275 e. The first-order chi connectivity index (χ1) is 8.94. The summed E-state index contributed by atoms with van der Waals surface area (Å²) in [6.07, 6.45) is 4.78. The van der Waals surface area contributed by atoms with E-state index in [-0.39, 0.29) is 11.4 Å². The second-order valence-corrected chi connectivity index (χ2v) is 5.99. The maximum Gasteiger partial charge on any atom is 0.244 e. The van der Waals surface area contributed by atoms with Crippen LogP contribution in [0.3, 0.4) is 0 Å². The van der Waals surface area contributed by atoms with Gasteiger partial charge in [-0.2, -0.15) is 10.2 Å². The number of hydrogen-bond acceptors (Lipinski definition) is 4. The van der Waals surface area contributed by atoms with Crippen LogP contribution in [-0.4, -0.2) is 28.0 Å². The Hall–Kier alpha value is -1.67. The summed E-state index contributed by atoms with van der Waals surface area (Å²) < 4.78 is 30.2. The van der Waals surface area contributed by atoms with E-state index in [1.807, 2.05) is 6.92 Å². The lowest BCUT2D eigenvalue weighted by Gasteiger charge is -2.05. The van der Waals surface area contributed by atoms with Gasteiger partial charge >= 0.3 is 0 Å². The van der Waals surface area contributed by atoms with Gasteiger partial charge in [-0.25, -0.2) is 13.1 Å². The maximum absolute atomic E-state index is 12.2. The molecule has 0 aliphatic heterocycles. The molecular weight excluding hydrogens is 266 g/mol. The van der Waals surface area contributed by atoms with E-state index in [4.69, 9.17) is 0 Å². The van der Waals surface area contributed by atoms with Gasteiger partial charge in [-0.3, -0.25) is 9.36 Å². The van der Waals surface area contributed by atoms with Gasteiger partial charge in [-0.05, 0) is 13.8 Å². The lowest BCUT2D eigenvalue weighted by Crippen LogP contribution is -2.23. The van der Waals surface area contributed by atoms with Crippen LogP contribution in [0, 0.1) is 6.92 Å². The van der Waals surface area contributed by atoms with Gasteiger partial charge in [0.15, 0.2) is 0 Å². The second kappa shape index (κ2) is 5.14. The molecule has 2 aromatic rings. The van der Waals surface area contributed by atoms with E-state index >= 15 is 0 Å². The first kappa shape index (κ1) is 13.8. The average Bonchev–Trinajstić information content (AvgIpc) is 2.93. The minimum atomic E-state index is -3.54. The van der Waals surface area contributed by atoms with Crippen molar-refractivity contribution < 1.29 is 8.42 Å². The van der Waals surface area contributed by atoms with Crippen LogP contribution in [0.2, 0.25) is 0 Å². The topological polar surface area (TPSA) is 81.8 Å². The fourth-order valence-electron chi connectivity index (χ4n) is 1.83. The lowest BCUT2D eigenvalue weighted by atomic mass is 10.4. The van der Waals surface area contributed by atoms with Crippen LogP contribution in [0.25, 0.3) is 0 Å². The van der Waals surface area contributed by atoms with E-state index in [0.717, 1.165) is 5.56 Å². The van der Waals surface area contributed by atoms with Crippen molar-refractivity contribution in [3.63, 3.8) is 0 Å². The van der Waals surface area contributed by atoms with Crippen molar-refractivity contribution in [1.29, 1.82) is 0 Å². The number of aromatic nitrogens is 4. The molecule has 7 nitrogen and oxygen atoms in total. The van der Waals surface area contributed by atoms with Crippen LogP contribution in [0.5, 0.6) is 0 Å². The highest BCUT2D eigenvalue weighted by atomic mass is 32.2. The molecule has 0 saturated heterocycles. The van der Waals surface area contributed by atoms with E-state index in [2.05, 4.69) is 14.9 Å². The molecule has 0 aliphatic rings. The van der Waals surface area contributed by atoms with Crippen molar-refractivity contribution in [2.45, 2.75) is 31.8 Å². The number of hydrogen-bond donors (Lipinski definition) is 1. The van der Waals surface area contributed by atoms with Crippen molar-refractivity contribution in [2.75, 3.05) is 0 Å². The summed E-state index contributed by atoms with van der Waals surface area (Å²) in [5.41, 5.74) is 1.45. The maximum atomic E-state index is 12.2. The van der Waals surface area contributed by atoms with Crippen molar-refractivity contribution in [2.24, 2.45) is 7.05 Å². The Balaban J connectivity index is 2.16. The summed E-state index contributed by atoms with van der Waals surface area (Å²) in [6.45, 7) is 4.52. The first-order valence-corrected chi connectivity index (χ1v) is 7.42. The third-order valence-electron chi connectivity index (χ3n) is 2.87. The molecule has 0 atom stereocenters. The molecule has 0 amide bonds. The fourth-order valence-corrected chi connectivity index (χ4v) is 3.02. The Morgan fingerprint density at radius 1 is 1.32 bits per heavy atom. The molecule has 0 saturated carbocycles. The van der Waals surface area contributed by atoms with E-state index in [1.165, 1.54) is 6.20 Å². The molecule has 0 unspecified atom stereocenters. The highest BCUT2D eigenvalue weighted by Crippen LogP contribution is 2.14. The van der Waals surface area contributed by atoms with Gasteiger partial charge in [0.1, 0.15) is 4.90 Å². The van der Waals surface area contributed by atoms with Gasteiger partial charge in [0.2, 0.25) is 10.0 Å². The Kier molecular flexibility index (Phi) is 3.72. The van der Waals surface area contributed by atoms with Crippen LogP contribution in [-0.2, 0) is 30.2 Å². The van der Waals surface area contributed by atoms with E-state index < -0.39 is 10.0 Å². The third kappa shape index (κ3) is 2.85. The number of nitrogens with one attached hydrogen (secondary N) is 1. The molecule has 2 heterocycles. The molecule has 8 heteroatoms. The molecule has 0 spiro atoms. The summed E-state index contributed by atoms with van der Waals surface area (Å²) in [7, 11) is -1.75. The first-order valence-electron chi connectivity index (χ1n) is 5.93. The molecule has 0 fully saturated rings. The molecule has 104 valence electrons. The smallest absolute Gasteiger partial charge is 0.244 e. The molecule has 0 aliphatic carbocycles. The SMILES string of the molecule is CCn1ncc(S(=O)(=O)NCc2cnn(C)c2)c1C. The second-order valence-electron chi connectivity index (χ2n) is 4.26. The van der Waals surface area contributed by atoms with Gasteiger partial charge in [0.05, 0.1) is 18.1 Å². The van der Waals surface area contributed by atoms with Crippen LogP contribution in [0.1, 0.15) is 18.2 Å². The number of nitrogens with zero attached hydrogens (tertiary/aromatic N) is 4. The molecule has 1 N–H and O–H groups in total. The van der Waals surface area contributed by atoms with Crippen LogP contribution >= 0.6 is 0 Å². The molecule has 2 rings (SSSR count). The standard InChI is InChI=1S/C11H17N5O2S/c1-4-16-9(2)11(7-13-16)19(17,18)14-6-10-5-12-15(3)8-10/h5,7-8,14H,4,6H2,1-3H3. The zero-order chi connectivity index (χ0) is 14.0. The molecule has 2 aromatic heterocycles. The largest absolute Gasteiger partial charge is 0.275 e. The van der Waals surface area contributed by atoms with Gasteiger partial charge in [0.25, 0.3) is 0 Å². The number of sulfonamides is 1. The summed E-state index contributed by atoms with van der Waals surface area (Å²) in [6, 6.07) is 0. The summed E-state index contributed by atoms with van der Waals surface area (Å²) >= 11 is 0. The Morgan fingerprint density at radius 2 is 2.05 bits per heavy atom. The number of aryl methyl sites for hydroxylation is 2. The summed E-state index contributed by atoms with van der Waals surface area (Å²) in [5.74, 6) is 0. The van der Waals surface area contributed by atoms with Crippen LogP contribution in [0.4, 0.5) is 0 Å². The molecule has 0 bridgehead atoms. The van der Waals surface area contributed by atoms with Crippen LogP contribution < -0.4 is 4.72 Å². The van der Waals surface area contributed by atoms with Crippen molar-refractivity contribution in [1.82, 2.24) is 24.3 Å². The Labute approximate surface area is 112 Å². The fraction of sp³-hybridized carbons (Fsp3) is 0.455. The normalized spacial score (nSPS) is 11.9. The van der Waals surface area contributed by atoms with Gasteiger partial charge < -0.3 is 0 Å². The van der Waals surface area contributed by atoms with Gasteiger partial charge in [-0.1, -0.05) is 0 Å². The third-order valence-corrected chi connectivity index (χ3v) is 4.38. The lowest BCUT2D eigenvalue weighted by molar-refractivity contribution is 0.579. The van der Waals surface area contributed by atoms with Gasteiger partial charge in [-0.15, -0.1) is 0 Å². The summed E-state index contributed by atoms with van der Waals surface area (Å²) in [4.78, 5) is 0.221. The zero-order valence-corrected chi connectivity index (χ0v) is 12.0. The van der Waals surface area contributed by atoms with Gasteiger partial charge in [0, 0.05) is 31.9 Å². The average molecular weight is 283 g/mol. The molecule has 19 heavy (non-hydrogen) atoms. The van der Waals surface area contributed by atoms with E-state index in [9.17, 15) is 8.42 Å². The van der Waals surface area contributed by atoms with Crippen molar-refractivity contribution in [3.8, 4) is 0 Å². The predicted octanol–water partition coefficient (Wildman–Crippen LogP) is 0.423. The minimum absolute atomic E-state index is 0.215. The van der Waals surface area contributed by atoms with E-state index in [0.29, 0.717) is 12.2 Å². The monoisotopic (exact) mass is 283 g/mol. The summed E-state index contributed by atoms with van der Waals surface area (Å²) in [5, 5.41) is 8.03. The highest BCUT2D eigenvalue weighted by Gasteiger charge is 2.20. The molecule has 0 aromatic carbocycles. The highest BCUT2D eigenvalue weighted by molar-refractivity contribution is 7.89. The Morgan fingerprint density at radius 3 is 2.58 bits per heavy atom. The van der Waals surface area contributed by atoms with E-state index in [1.54, 1.807) is 35.7 Å². The molecule has 0 radical (unpaired) electrons. The zero-order valence-electron chi connectivity index (χ0n) is 11.2. The predicted molar refractivity (Wildman–Crippen MR) is 69.9 cm³/mol. The van der Waals surface area contributed by atoms with Crippen LogP contribution in [0.15, 0.2) is 23.5 Å². The Bertz CT molecular complexity index is 671. The quantitative estimate of drug-likeness (QED) is 0.862. The van der Waals surface area contributed by atoms with Crippen molar-refractivity contribution in [3.05, 3.63) is 29.8 Å². The molecular formula is C11H17N5O2S. The number of rotatable bonds is 5.